The number of carbonyl (C=O) groups excluding carboxylic acids is 1. The van der Waals surface area contributed by atoms with Gasteiger partial charge in [-0.25, -0.2) is 0 Å². The van der Waals surface area contributed by atoms with Crippen LogP contribution in [0.25, 0.3) is 0 Å². The summed E-state index contributed by atoms with van der Waals surface area (Å²) >= 11 is 6.13. The predicted molar refractivity (Wildman–Crippen MR) is 94.9 cm³/mol. The van der Waals surface area contributed by atoms with Gasteiger partial charge in [-0.05, 0) is 36.6 Å². The van der Waals surface area contributed by atoms with Crippen LogP contribution in [-0.4, -0.2) is 18.5 Å². The first-order valence-electron chi connectivity index (χ1n) is 8.01. The molecule has 1 unspecified atom stereocenters. The van der Waals surface area contributed by atoms with Crippen molar-refractivity contribution in [3.63, 3.8) is 0 Å². The summed E-state index contributed by atoms with van der Waals surface area (Å²) in [4.78, 5) is 14.5. The molecule has 0 saturated heterocycles. The average Bonchev–Trinajstić information content (AvgIpc) is 2.88. The van der Waals surface area contributed by atoms with Crippen LogP contribution >= 0.6 is 11.6 Å². The number of benzene rings is 2. The van der Waals surface area contributed by atoms with E-state index >= 15 is 0 Å². The Morgan fingerprint density at radius 3 is 2.78 bits per heavy atom. The van der Waals surface area contributed by atoms with Crippen molar-refractivity contribution in [2.45, 2.75) is 32.4 Å². The largest absolute Gasteiger partial charge is 0.312 e. The molecule has 2 aromatic rings. The third-order valence-electron chi connectivity index (χ3n) is 4.26. The third kappa shape index (κ3) is 3.57. The first-order chi connectivity index (χ1) is 11.2. The van der Waals surface area contributed by atoms with Crippen LogP contribution in [0.1, 0.15) is 24.5 Å². The zero-order valence-electron chi connectivity index (χ0n) is 13.3. The van der Waals surface area contributed by atoms with Crippen LogP contribution in [0.5, 0.6) is 0 Å². The Bertz CT molecular complexity index is 701. The van der Waals surface area contributed by atoms with Gasteiger partial charge >= 0.3 is 0 Å². The monoisotopic (exact) mass is 328 g/mol. The number of fused-ring (bicyclic) bond motifs is 1. The average molecular weight is 329 g/mol. The Hall–Kier alpha value is -1.84. The normalized spacial score (nSPS) is 16.4. The second-order valence-corrected chi connectivity index (χ2v) is 6.37. The zero-order valence-corrected chi connectivity index (χ0v) is 14.0. The Balaban J connectivity index is 1.53. The SMILES string of the molecule is CC1Cc2ccccc2N1C(=O)CCNCc1ccccc1Cl. The number of rotatable bonds is 5. The van der Waals surface area contributed by atoms with Crippen molar-refractivity contribution in [1.29, 1.82) is 0 Å². The van der Waals surface area contributed by atoms with Gasteiger partial charge in [0.15, 0.2) is 0 Å². The molecule has 0 aliphatic carbocycles. The number of hydrogen-bond acceptors (Lipinski definition) is 2. The molecule has 3 nitrogen and oxygen atoms in total. The maximum atomic E-state index is 12.6. The Labute approximate surface area is 142 Å². The van der Waals surface area contributed by atoms with Gasteiger partial charge < -0.3 is 10.2 Å². The van der Waals surface area contributed by atoms with Gasteiger partial charge in [-0.15, -0.1) is 0 Å². The molecule has 1 atom stereocenters. The van der Waals surface area contributed by atoms with E-state index in [-0.39, 0.29) is 11.9 Å². The minimum Gasteiger partial charge on any atom is -0.312 e. The van der Waals surface area contributed by atoms with Crippen LogP contribution in [0.15, 0.2) is 48.5 Å². The summed E-state index contributed by atoms with van der Waals surface area (Å²) in [5, 5.41) is 4.06. The number of nitrogens with one attached hydrogen (secondary N) is 1. The molecule has 0 fully saturated rings. The van der Waals surface area contributed by atoms with E-state index in [0.29, 0.717) is 19.5 Å². The van der Waals surface area contributed by atoms with E-state index in [1.54, 1.807) is 0 Å². The van der Waals surface area contributed by atoms with Crippen molar-refractivity contribution in [2.24, 2.45) is 0 Å². The van der Waals surface area contributed by atoms with Gasteiger partial charge in [-0.2, -0.15) is 0 Å². The van der Waals surface area contributed by atoms with E-state index in [0.717, 1.165) is 22.7 Å². The lowest BCUT2D eigenvalue weighted by Gasteiger charge is -2.22. The number of amides is 1. The maximum absolute atomic E-state index is 12.6. The van der Waals surface area contributed by atoms with Gasteiger partial charge in [0.25, 0.3) is 0 Å². The molecule has 1 N–H and O–H groups in total. The summed E-state index contributed by atoms with van der Waals surface area (Å²) in [7, 11) is 0. The van der Waals surface area contributed by atoms with E-state index in [9.17, 15) is 4.79 Å². The molecule has 0 spiro atoms. The highest BCUT2D eigenvalue weighted by Gasteiger charge is 2.29. The van der Waals surface area contributed by atoms with Gasteiger partial charge in [0.1, 0.15) is 0 Å². The highest BCUT2D eigenvalue weighted by Crippen LogP contribution is 2.32. The molecule has 1 aliphatic heterocycles. The van der Waals surface area contributed by atoms with E-state index in [1.165, 1.54) is 5.56 Å². The van der Waals surface area contributed by atoms with Crippen molar-refractivity contribution in [3.05, 3.63) is 64.7 Å². The molecular formula is C19H21ClN2O. The molecule has 120 valence electrons. The molecule has 1 aliphatic rings. The lowest BCUT2D eigenvalue weighted by molar-refractivity contribution is -0.118. The van der Waals surface area contributed by atoms with Crippen molar-refractivity contribution in [2.75, 3.05) is 11.4 Å². The lowest BCUT2D eigenvalue weighted by atomic mass is 10.1. The van der Waals surface area contributed by atoms with Gasteiger partial charge in [0.2, 0.25) is 5.91 Å². The van der Waals surface area contributed by atoms with Gasteiger partial charge in [0.05, 0.1) is 0 Å². The summed E-state index contributed by atoms with van der Waals surface area (Å²) in [6, 6.07) is 16.2. The summed E-state index contributed by atoms with van der Waals surface area (Å²) in [6.45, 7) is 3.43. The van der Waals surface area contributed by atoms with Crippen LogP contribution in [0.3, 0.4) is 0 Å². The van der Waals surface area contributed by atoms with E-state index in [1.807, 2.05) is 47.4 Å². The molecule has 2 aromatic carbocycles. The number of nitrogens with zero attached hydrogens (tertiary/aromatic N) is 1. The predicted octanol–water partition coefficient (Wildman–Crippen LogP) is 3.80. The first kappa shape index (κ1) is 16.0. The molecule has 3 rings (SSSR count). The van der Waals surface area contributed by atoms with Crippen molar-refractivity contribution in [1.82, 2.24) is 5.32 Å². The Kier molecular flexibility index (Phi) is 4.99. The highest BCUT2D eigenvalue weighted by molar-refractivity contribution is 6.31. The van der Waals surface area contributed by atoms with Crippen LogP contribution < -0.4 is 10.2 Å². The quantitative estimate of drug-likeness (QED) is 0.847. The number of para-hydroxylation sites is 1. The van der Waals surface area contributed by atoms with Crippen LogP contribution in [0, 0.1) is 0 Å². The first-order valence-corrected chi connectivity index (χ1v) is 8.38. The lowest BCUT2D eigenvalue weighted by Crippen LogP contribution is -2.37. The van der Waals surface area contributed by atoms with E-state index < -0.39 is 0 Å². The highest BCUT2D eigenvalue weighted by atomic mass is 35.5. The zero-order chi connectivity index (χ0) is 16.2. The van der Waals surface area contributed by atoms with Gasteiger partial charge in [0, 0.05) is 36.3 Å². The van der Waals surface area contributed by atoms with E-state index in [4.69, 9.17) is 11.6 Å². The van der Waals surface area contributed by atoms with Crippen LogP contribution in [0.2, 0.25) is 5.02 Å². The minimum absolute atomic E-state index is 0.175. The molecule has 23 heavy (non-hydrogen) atoms. The van der Waals surface area contributed by atoms with Gasteiger partial charge in [-0.3, -0.25) is 4.79 Å². The Morgan fingerprint density at radius 1 is 1.22 bits per heavy atom. The van der Waals surface area contributed by atoms with Gasteiger partial charge in [-0.1, -0.05) is 48.0 Å². The fourth-order valence-electron chi connectivity index (χ4n) is 3.13. The Morgan fingerprint density at radius 2 is 1.96 bits per heavy atom. The molecule has 0 aromatic heterocycles. The fourth-order valence-corrected chi connectivity index (χ4v) is 3.33. The van der Waals surface area contributed by atoms with Crippen molar-refractivity contribution in [3.8, 4) is 0 Å². The minimum atomic E-state index is 0.175. The fraction of sp³-hybridized carbons (Fsp3) is 0.316. The summed E-state index contributed by atoms with van der Waals surface area (Å²) in [6.07, 6.45) is 1.43. The van der Waals surface area contributed by atoms with Crippen molar-refractivity contribution < 1.29 is 4.79 Å². The summed E-state index contributed by atoms with van der Waals surface area (Å²) in [5.41, 5.74) is 3.38. The second-order valence-electron chi connectivity index (χ2n) is 5.96. The molecule has 1 heterocycles. The molecule has 0 radical (unpaired) electrons. The summed E-state index contributed by atoms with van der Waals surface area (Å²) in [5.74, 6) is 0.175. The van der Waals surface area contributed by atoms with Crippen molar-refractivity contribution >= 4 is 23.2 Å². The number of carbonyl (C=O) groups is 1. The number of anilines is 1. The molecule has 0 bridgehead atoms. The van der Waals surface area contributed by atoms with Crippen LogP contribution in [-0.2, 0) is 17.8 Å². The third-order valence-corrected chi connectivity index (χ3v) is 4.63. The maximum Gasteiger partial charge on any atom is 0.228 e. The molecule has 0 saturated carbocycles. The number of hydrogen-bond donors (Lipinski definition) is 1. The summed E-state index contributed by atoms with van der Waals surface area (Å²) < 4.78 is 0. The van der Waals surface area contributed by atoms with Crippen LogP contribution in [0.4, 0.5) is 5.69 Å². The second kappa shape index (κ2) is 7.16. The van der Waals surface area contributed by atoms with E-state index in [2.05, 4.69) is 18.3 Å². The smallest absolute Gasteiger partial charge is 0.228 e. The molecular weight excluding hydrogens is 308 g/mol. The molecule has 4 heteroatoms. The topological polar surface area (TPSA) is 32.3 Å². The number of halogens is 1. The standard InChI is InChI=1S/C19H21ClN2O/c1-14-12-15-6-3-5-9-18(15)22(14)19(23)10-11-21-13-16-7-2-4-8-17(16)20/h2-9,14,21H,10-13H2,1H3. The molecule has 1 amide bonds.